The molecule has 0 spiro atoms. The summed E-state index contributed by atoms with van der Waals surface area (Å²) in [7, 11) is 0. The summed E-state index contributed by atoms with van der Waals surface area (Å²) in [6.07, 6.45) is 0.635. The molecule has 0 aliphatic carbocycles. The lowest BCUT2D eigenvalue weighted by Crippen LogP contribution is -2.52. The van der Waals surface area contributed by atoms with Gasteiger partial charge in [0, 0.05) is 50.6 Å². The molecule has 2 amide bonds. The van der Waals surface area contributed by atoms with E-state index in [-0.39, 0.29) is 18.2 Å². The highest BCUT2D eigenvalue weighted by Gasteiger charge is 2.30. The Balaban J connectivity index is 1.28. The smallest absolute Gasteiger partial charge is 0.270 e. The van der Waals surface area contributed by atoms with Gasteiger partial charge in [-0.3, -0.25) is 14.5 Å². The van der Waals surface area contributed by atoms with Gasteiger partial charge in [0.15, 0.2) is 0 Å². The molecule has 2 aliphatic heterocycles. The molecule has 4 rings (SSSR count). The van der Waals surface area contributed by atoms with E-state index in [2.05, 4.69) is 16.9 Å². The van der Waals surface area contributed by atoms with Crippen molar-refractivity contribution in [2.75, 3.05) is 44.3 Å². The number of hydrazone groups is 1. The van der Waals surface area contributed by atoms with Crippen molar-refractivity contribution in [2.45, 2.75) is 19.8 Å². The highest BCUT2D eigenvalue weighted by molar-refractivity contribution is 6.40. The summed E-state index contributed by atoms with van der Waals surface area (Å²) in [6, 6.07) is 14.9. The third kappa shape index (κ3) is 5.47. The highest BCUT2D eigenvalue weighted by Crippen LogP contribution is 2.23. The third-order valence-electron chi connectivity index (χ3n) is 5.71. The van der Waals surface area contributed by atoms with E-state index in [4.69, 9.17) is 16.3 Å². The van der Waals surface area contributed by atoms with Crippen LogP contribution in [0.25, 0.3) is 0 Å². The zero-order valence-corrected chi connectivity index (χ0v) is 18.9. The fourth-order valence-corrected chi connectivity index (χ4v) is 3.90. The summed E-state index contributed by atoms with van der Waals surface area (Å²) >= 11 is 5.94. The quantitative estimate of drug-likeness (QED) is 0.671. The second-order valence-electron chi connectivity index (χ2n) is 8.02. The Morgan fingerprint density at radius 1 is 1.00 bits per heavy atom. The Hall–Kier alpha value is -2.90. The van der Waals surface area contributed by atoms with Gasteiger partial charge in [-0.25, -0.2) is 5.01 Å². The lowest BCUT2D eigenvalue weighted by molar-refractivity contribution is -0.126. The van der Waals surface area contributed by atoms with Crippen LogP contribution in [0.3, 0.4) is 0 Å². The number of halogens is 1. The molecule has 2 heterocycles. The molecule has 7 nitrogen and oxygen atoms in total. The molecule has 2 aliphatic rings. The van der Waals surface area contributed by atoms with Crippen LogP contribution in [-0.2, 0) is 9.59 Å². The number of carbonyl (C=O) groups excluding carboxylic acids is 2. The minimum atomic E-state index is -0.123. The van der Waals surface area contributed by atoms with Crippen molar-refractivity contribution in [2.24, 2.45) is 5.10 Å². The second-order valence-corrected chi connectivity index (χ2v) is 8.46. The van der Waals surface area contributed by atoms with Gasteiger partial charge in [0.05, 0.1) is 5.69 Å². The number of hydrogen-bond acceptors (Lipinski definition) is 5. The third-order valence-corrected chi connectivity index (χ3v) is 5.96. The predicted octanol–water partition coefficient (Wildman–Crippen LogP) is 3.35. The van der Waals surface area contributed by atoms with E-state index in [0.717, 1.165) is 25.4 Å². The maximum atomic E-state index is 13.0. The van der Waals surface area contributed by atoms with Crippen LogP contribution in [0.1, 0.15) is 18.4 Å². The number of anilines is 1. The van der Waals surface area contributed by atoms with E-state index < -0.39 is 0 Å². The first-order chi connectivity index (χ1) is 15.5. The Morgan fingerprint density at radius 3 is 2.38 bits per heavy atom. The van der Waals surface area contributed by atoms with E-state index in [1.807, 2.05) is 29.2 Å². The lowest BCUT2D eigenvalue weighted by atomic mass is 10.1. The normalized spacial score (nSPS) is 17.3. The van der Waals surface area contributed by atoms with Gasteiger partial charge in [-0.2, -0.15) is 5.10 Å². The van der Waals surface area contributed by atoms with Gasteiger partial charge in [0.25, 0.3) is 5.91 Å². The first-order valence-corrected chi connectivity index (χ1v) is 11.2. The van der Waals surface area contributed by atoms with Crippen molar-refractivity contribution in [1.82, 2.24) is 9.80 Å². The molecule has 0 atom stereocenters. The average molecular weight is 455 g/mol. The SMILES string of the molecule is Cc1ccc(OCCN2CCN(C(=O)C3=NN(c4ccc(Cl)cc4)C(=O)CC3)CC2)cc1. The molecule has 0 bridgehead atoms. The fourth-order valence-electron chi connectivity index (χ4n) is 3.78. The maximum absolute atomic E-state index is 13.0. The zero-order chi connectivity index (χ0) is 22.5. The van der Waals surface area contributed by atoms with E-state index in [1.54, 1.807) is 24.3 Å². The number of amides is 2. The molecule has 0 N–H and O–H groups in total. The topological polar surface area (TPSA) is 65.5 Å². The monoisotopic (exact) mass is 454 g/mol. The second kappa shape index (κ2) is 10.1. The van der Waals surface area contributed by atoms with Crippen LogP contribution in [0.15, 0.2) is 53.6 Å². The molecule has 32 heavy (non-hydrogen) atoms. The van der Waals surface area contributed by atoms with E-state index in [9.17, 15) is 9.59 Å². The number of nitrogens with zero attached hydrogens (tertiary/aromatic N) is 4. The molecule has 2 aromatic rings. The number of carbonyl (C=O) groups is 2. The van der Waals surface area contributed by atoms with E-state index in [1.165, 1.54) is 10.6 Å². The number of ether oxygens (including phenoxy) is 1. The van der Waals surface area contributed by atoms with Gasteiger partial charge in [-0.1, -0.05) is 29.3 Å². The summed E-state index contributed by atoms with van der Waals surface area (Å²) in [6.45, 7) is 6.33. The van der Waals surface area contributed by atoms with Crippen molar-refractivity contribution < 1.29 is 14.3 Å². The standard InChI is InChI=1S/C24H27ClN4O3/c1-18-2-8-21(9-3-18)32-17-16-27-12-14-28(15-13-27)24(31)22-10-11-23(30)29(26-22)20-6-4-19(25)5-7-20/h2-9H,10-17H2,1H3. The number of hydrogen-bond donors (Lipinski definition) is 0. The van der Waals surface area contributed by atoms with Gasteiger partial charge in [0.1, 0.15) is 18.1 Å². The number of piperazine rings is 1. The van der Waals surface area contributed by atoms with E-state index in [0.29, 0.717) is 42.5 Å². The number of rotatable bonds is 6. The van der Waals surface area contributed by atoms with Crippen molar-refractivity contribution in [1.29, 1.82) is 0 Å². The molecule has 0 radical (unpaired) electrons. The minimum Gasteiger partial charge on any atom is -0.492 e. The van der Waals surface area contributed by atoms with Crippen LogP contribution in [0.2, 0.25) is 5.02 Å². The first-order valence-electron chi connectivity index (χ1n) is 10.9. The Morgan fingerprint density at radius 2 is 1.69 bits per heavy atom. The molecule has 8 heteroatoms. The van der Waals surface area contributed by atoms with Crippen LogP contribution in [-0.4, -0.2) is 66.7 Å². The minimum absolute atomic E-state index is 0.0907. The average Bonchev–Trinajstić information content (AvgIpc) is 2.81. The number of benzene rings is 2. The van der Waals surface area contributed by atoms with Crippen LogP contribution in [0.4, 0.5) is 5.69 Å². The van der Waals surface area contributed by atoms with Crippen molar-refractivity contribution in [3.8, 4) is 5.75 Å². The lowest BCUT2D eigenvalue weighted by Gasteiger charge is -2.35. The zero-order valence-electron chi connectivity index (χ0n) is 18.2. The van der Waals surface area contributed by atoms with Crippen molar-refractivity contribution in [3.05, 3.63) is 59.1 Å². The molecular weight excluding hydrogens is 428 g/mol. The van der Waals surface area contributed by atoms with Crippen LogP contribution in [0.5, 0.6) is 5.75 Å². The molecule has 2 aromatic carbocycles. The molecule has 0 aromatic heterocycles. The molecule has 1 fully saturated rings. The van der Waals surface area contributed by atoms with E-state index >= 15 is 0 Å². The summed E-state index contributed by atoms with van der Waals surface area (Å²) < 4.78 is 5.82. The molecule has 168 valence electrons. The van der Waals surface area contributed by atoms with Gasteiger partial charge in [-0.15, -0.1) is 0 Å². The Labute approximate surface area is 193 Å². The van der Waals surface area contributed by atoms with Gasteiger partial charge in [0.2, 0.25) is 5.91 Å². The summed E-state index contributed by atoms with van der Waals surface area (Å²) in [5.74, 6) is 0.661. The summed E-state index contributed by atoms with van der Waals surface area (Å²) in [5, 5.41) is 6.27. The van der Waals surface area contributed by atoms with Gasteiger partial charge in [-0.05, 0) is 43.3 Å². The van der Waals surface area contributed by atoms with Crippen molar-refractivity contribution >= 4 is 34.8 Å². The van der Waals surface area contributed by atoms with Crippen LogP contribution >= 0.6 is 11.6 Å². The molecule has 0 unspecified atom stereocenters. The largest absolute Gasteiger partial charge is 0.492 e. The highest BCUT2D eigenvalue weighted by atomic mass is 35.5. The Bertz CT molecular complexity index is 983. The maximum Gasteiger partial charge on any atom is 0.270 e. The van der Waals surface area contributed by atoms with Crippen molar-refractivity contribution in [3.63, 3.8) is 0 Å². The fraction of sp³-hybridized carbons (Fsp3) is 0.375. The first kappa shape index (κ1) is 22.3. The molecule has 1 saturated heterocycles. The summed E-state index contributed by atoms with van der Waals surface area (Å²) in [5.41, 5.74) is 2.25. The predicted molar refractivity (Wildman–Crippen MR) is 125 cm³/mol. The molecule has 0 saturated carbocycles. The molecular formula is C24H27ClN4O3. The van der Waals surface area contributed by atoms with Gasteiger partial charge >= 0.3 is 0 Å². The number of aryl methyl sites for hydroxylation is 1. The summed E-state index contributed by atoms with van der Waals surface area (Å²) in [4.78, 5) is 29.5. The van der Waals surface area contributed by atoms with Gasteiger partial charge < -0.3 is 9.64 Å². The van der Waals surface area contributed by atoms with Crippen LogP contribution < -0.4 is 9.75 Å². The van der Waals surface area contributed by atoms with Crippen LogP contribution in [0, 0.1) is 6.92 Å². The Kier molecular flexibility index (Phi) is 7.07.